The minimum Gasteiger partial charge on any atom is -0.296 e. The molecule has 0 spiro atoms. The van der Waals surface area contributed by atoms with Gasteiger partial charge in [0.15, 0.2) is 0 Å². The quantitative estimate of drug-likeness (QED) is 0.192. The van der Waals surface area contributed by atoms with E-state index in [-0.39, 0.29) is 11.3 Å². The number of fused-ring (bicyclic) bond motifs is 3. The van der Waals surface area contributed by atoms with E-state index < -0.39 is 0 Å². The molecule has 0 saturated carbocycles. The molecule has 232 valence electrons. The number of hydrogen-bond acceptors (Lipinski definition) is 1. The Kier molecular flexibility index (Phi) is 6.97. The van der Waals surface area contributed by atoms with Crippen molar-refractivity contribution in [2.75, 3.05) is 0 Å². The van der Waals surface area contributed by atoms with Crippen LogP contribution in [-0.2, 0) is 0 Å². The highest BCUT2D eigenvalue weighted by Gasteiger charge is 2.45. The van der Waals surface area contributed by atoms with Gasteiger partial charge in [-0.1, -0.05) is 140 Å². The van der Waals surface area contributed by atoms with Crippen molar-refractivity contribution in [3.8, 4) is 0 Å². The lowest BCUT2D eigenvalue weighted by molar-refractivity contribution is 0.449. The summed E-state index contributed by atoms with van der Waals surface area (Å²) in [5.74, 6) is 1.16. The van der Waals surface area contributed by atoms with E-state index in [0.717, 1.165) is 48.1 Å². The average molecular weight is 619 g/mol. The summed E-state index contributed by atoms with van der Waals surface area (Å²) in [5.41, 5.74) is 14.9. The van der Waals surface area contributed by atoms with Crippen molar-refractivity contribution in [3.63, 3.8) is 0 Å². The number of rotatable bonds is 5. The smallest absolute Gasteiger partial charge is 0.145 e. The van der Waals surface area contributed by atoms with E-state index in [1.807, 2.05) is 0 Å². The largest absolute Gasteiger partial charge is 0.296 e. The van der Waals surface area contributed by atoms with Gasteiger partial charge in [-0.05, 0) is 94.5 Å². The second-order valence-electron chi connectivity index (χ2n) is 13.5. The second-order valence-corrected chi connectivity index (χ2v) is 13.5. The number of hydrogen-bond donors (Lipinski definition) is 0. The topological polar surface area (TPSA) is 17.8 Å². The molecule has 0 aliphatic heterocycles. The normalized spacial score (nSPS) is 21.4. The molecular formula is C46H38N2. The van der Waals surface area contributed by atoms with Crippen LogP contribution in [0.3, 0.4) is 0 Å². The first-order chi connectivity index (χ1) is 23.7. The summed E-state index contributed by atoms with van der Waals surface area (Å²) in [6, 6.07) is 38.0. The van der Waals surface area contributed by atoms with Crippen molar-refractivity contribution in [3.05, 3.63) is 197 Å². The molecule has 2 nitrogen and oxygen atoms in total. The highest BCUT2D eigenvalue weighted by molar-refractivity contribution is 5.94. The van der Waals surface area contributed by atoms with Crippen LogP contribution in [0.1, 0.15) is 72.2 Å². The summed E-state index contributed by atoms with van der Waals surface area (Å²) in [5, 5.41) is 0. The fraction of sp³-hybridized carbons (Fsp3) is 0.152. The Morgan fingerprint density at radius 2 is 1.54 bits per heavy atom. The molecule has 1 heterocycles. The van der Waals surface area contributed by atoms with Gasteiger partial charge in [-0.3, -0.25) is 4.57 Å². The van der Waals surface area contributed by atoms with Crippen LogP contribution in [0.15, 0.2) is 163 Å². The third kappa shape index (κ3) is 4.66. The molecule has 48 heavy (non-hydrogen) atoms. The Balaban J connectivity index is 1.26. The first-order valence-electron chi connectivity index (χ1n) is 17.3. The van der Waals surface area contributed by atoms with Crippen molar-refractivity contribution in [1.82, 2.24) is 9.55 Å². The Bertz CT molecular complexity index is 2280. The van der Waals surface area contributed by atoms with Gasteiger partial charge in [-0.2, -0.15) is 0 Å². The molecule has 0 fully saturated rings. The van der Waals surface area contributed by atoms with Crippen molar-refractivity contribution in [2.24, 2.45) is 5.41 Å². The van der Waals surface area contributed by atoms with Gasteiger partial charge in [0.2, 0.25) is 0 Å². The lowest BCUT2D eigenvalue weighted by atomic mass is 9.57. The van der Waals surface area contributed by atoms with Crippen LogP contribution in [-0.4, -0.2) is 9.55 Å². The highest BCUT2D eigenvalue weighted by atomic mass is 15.1. The number of benzene rings is 4. The Morgan fingerprint density at radius 3 is 2.35 bits per heavy atom. The van der Waals surface area contributed by atoms with E-state index in [4.69, 9.17) is 4.98 Å². The summed E-state index contributed by atoms with van der Waals surface area (Å²) in [6.45, 7) is 2.44. The second kappa shape index (κ2) is 11.6. The minimum absolute atomic E-state index is 0.153. The fourth-order valence-electron chi connectivity index (χ4n) is 8.31. The van der Waals surface area contributed by atoms with Gasteiger partial charge >= 0.3 is 0 Å². The Morgan fingerprint density at radius 1 is 0.729 bits per heavy atom. The van der Waals surface area contributed by atoms with Gasteiger partial charge in [0.1, 0.15) is 5.82 Å². The van der Waals surface area contributed by atoms with E-state index in [2.05, 4.69) is 169 Å². The zero-order valence-corrected chi connectivity index (χ0v) is 27.3. The highest BCUT2D eigenvalue weighted by Crippen LogP contribution is 2.58. The van der Waals surface area contributed by atoms with E-state index in [9.17, 15) is 0 Å². The van der Waals surface area contributed by atoms with Gasteiger partial charge in [-0.15, -0.1) is 0 Å². The molecule has 4 aliphatic carbocycles. The predicted octanol–water partition coefficient (Wildman–Crippen LogP) is 11.6. The molecule has 0 saturated heterocycles. The molecule has 5 aromatic rings. The van der Waals surface area contributed by atoms with Gasteiger partial charge in [0.25, 0.3) is 0 Å². The molecule has 0 radical (unpaired) electrons. The monoisotopic (exact) mass is 618 g/mol. The number of nitrogens with zero attached hydrogens (tertiary/aromatic N) is 2. The summed E-state index contributed by atoms with van der Waals surface area (Å²) in [6.07, 6.45) is 25.2. The van der Waals surface area contributed by atoms with Crippen LogP contribution >= 0.6 is 0 Å². The maximum absolute atomic E-state index is 5.29. The van der Waals surface area contributed by atoms with E-state index in [0.29, 0.717) is 0 Å². The fourth-order valence-corrected chi connectivity index (χ4v) is 8.31. The summed E-state index contributed by atoms with van der Waals surface area (Å²) in [7, 11) is 0. The number of allylic oxidation sites excluding steroid dienone is 13. The van der Waals surface area contributed by atoms with E-state index in [1.165, 1.54) is 50.2 Å². The lowest BCUT2D eigenvalue weighted by Gasteiger charge is -2.45. The molecular weight excluding hydrogens is 581 g/mol. The van der Waals surface area contributed by atoms with Gasteiger partial charge in [0, 0.05) is 22.6 Å². The molecule has 4 aromatic carbocycles. The summed E-state index contributed by atoms with van der Waals surface area (Å²) in [4.78, 5) is 5.29. The molecule has 2 heteroatoms. The molecule has 2 unspecified atom stereocenters. The summed E-state index contributed by atoms with van der Waals surface area (Å²) < 4.78 is 2.39. The van der Waals surface area contributed by atoms with Crippen LogP contribution < -0.4 is 0 Å². The standard InChI is InChI=1S/C46H38N2/c1-46-30-29-36(45-47-41-23-13-14-24-42(41)48(45)37-19-9-4-10-20-37)31-40(46)43(34-17-7-3-8-18-34)38-21-11-12-22-39(38)44(46)35-27-25-33(26-28-35)32-15-5-2-6-16-32/h3-5,7-9,11-19,21-31,44H,2,6,10,20H2,1H3. The van der Waals surface area contributed by atoms with Crippen LogP contribution in [0.5, 0.6) is 0 Å². The van der Waals surface area contributed by atoms with E-state index in [1.54, 1.807) is 0 Å². The average Bonchev–Trinajstić information content (AvgIpc) is 3.54. The molecule has 0 bridgehead atoms. The van der Waals surface area contributed by atoms with E-state index >= 15 is 0 Å². The van der Waals surface area contributed by atoms with Crippen LogP contribution in [0.25, 0.3) is 33.4 Å². The van der Waals surface area contributed by atoms with Gasteiger partial charge < -0.3 is 0 Å². The van der Waals surface area contributed by atoms with Crippen molar-refractivity contribution in [2.45, 2.75) is 38.5 Å². The van der Waals surface area contributed by atoms with Gasteiger partial charge in [-0.25, -0.2) is 4.98 Å². The van der Waals surface area contributed by atoms with Crippen molar-refractivity contribution < 1.29 is 0 Å². The first-order valence-corrected chi connectivity index (χ1v) is 17.3. The molecule has 9 rings (SSSR count). The Labute approximate surface area is 283 Å². The third-order valence-corrected chi connectivity index (χ3v) is 10.6. The van der Waals surface area contributed by atoms with Crippen LogP contribution in [0, 0.1) is 5.41 Å². The predicted molar refractivity (Wildman–Crippen MR) is 201 cm³/mol. The molecule has 0 N–H and O–H groups in total. The summed E-state index contributed by atoms with van der Waals surface area (Å²) >= 11 is 0. The maximum Gasteiger partial charge on any atom is 0.145 e. The number of imidazole rings is 1. The lowest BCUT2D eigenvalue weighted by Crippen LogP contribution is -2.33. The molecule has 2 atom stereocenters. The first kappa shape index (κ1) is 28.7. The molecule has 1 aromatic heterocycles. The van der Waals surface area contributed by atoms with Gasteiger partial charge in [0.05, 0.1) is 11.0 Å². The third-order valence-electron chi connectivity index (χ3n) is 10.6. The van der Waals surface area contributed by atoms with Crippen LogP contribution in [0.4, 0.5) is 0 Å². The molecule has 0 amide bonds. The Hall–Kier alpha value is -5.47. The van der Waals surface area contributed by atoms with Crippen molar-refractivity contribution in [1.29, 1.82) is 0 Å². The van der Waals surface area contributed by atoms with Crippen LogP contribution in [0.2, 0.25) is 0 Å². The minimum atomic E-state index is -0.280. The zero-order chi connectivity index (χ0) is 32.1. The maximum atomic E-state index is 5.29. The van der Waals surface area contributed by atoms with Crippen molar-refractivity contribution >= 4 is 33.4 Å². The zero-order valence-electron chi connectivity index (χ0n) is 27.3. The SMILES string of the molecule is CC12C=CC(c3nc4ccccc4n3C3=CC=CCC3)=CC1=C(c1ccccc1)c1ccccc1C2c1ccc(C2=CCCC=C2)cc1. The number of para-hydroxylation sites is 2. The number of aromatic nitrogens is 2. The molecule has 4 aliphatic rings.